The third kappa shape index (κ3) is 3.01. The van der Waals surface area contributed by atoms with Crippen LogP contribution in [0.15, 0.2) is 30.3 Å². The van der Waals surface area contributed by atoms with E-state index in [9.17, 15) is 4.79 Å². The maximum absolute atomic E-state index is 10.2. The van der Waals surface area contributed by atoms with Gasteiger partial charge in [-0.15, -0.1) is 0 Å². The minimum atomic E-state index is -1.53. The molecule has 4 heteroatoms. The van der Waals surface area contributed by atoms with Crippen molar-refractivity contribution in [3.63, 3.8) is 0 Å². The molecule has 1 aromatic rings. The van der Waals surface area contributed by atoms with Crippen molar-refractivity contribution in [3.8, 4) is 0 Å². The number of hydrogen-bond donors (Lipinski definition) is 3. The first kappa shape index (κ1) is 10.4. The average molecular weight is 194 g/mol. The minimum Gasteiger partial charge on any atom is -0.478 e. The molecule has 0 atom stereocenters. The zero-order chi connectivity index (χ0) is 10.6. The summed E-state index contributed by atoms with van der Waals surface area (Å²) in [5.74, 6) is -1.04. The van der Waals surface area contributed by atoms with Gasteiger partial charge in [-0.05, 0) is 17.7 Å². The Bertz CT molecular complexity index is 355. The number of carboxylic acids is 1. The van der Waals surface area contributed by atoms with E-state index in [-0.39, 0.29) is 0 Å². The first-order chi connectivity index (χ1) is 6.59. The second kappa shape index (κ2) is 4.55. The number of rotatable bonds is 3. The quantitative estimate of drug-likeness (QED) is 0.490. The van der Waals surface area contributed by atoms with Crippen molar-refractivity contribution in [3.05, 3.63) is 41.5 Å². The fourth-order valence-electron chi connectivity index (χ4n) is 0.991. The van der Waals surface area contributed by atoms with Gasteiger partial charge in [0.2, 0.25) is 0 Å². The third-order valence-corrected chi connectivity index (χ3v) is 1.63. The largest absolute Gasteiger partial charge is 0.478 e. The lowest BCUT2D eigenvalue weighted by Gasteiger charge is -2.03. The number of aliphatic hydroxyl groups excluding tert-OH is 1. The predicted octanol–water partition coefficient (Wildman–Crippen LogP) is 0.768. The Hall–Kier alpha value is -1.65. The molecular formula is C10H10O4. The second-order valence-corrected chi connectivity index (χ2v) is 2.72. The van der Waals surface area contributed by atoms with Crippen molar-refractivity contribution < 1.29 is 20.1 Å². The summed E-state index contributed by atoms with van der Waals surface area (Å²) in [6, 6.07) is 6.34. The molecule has 0 radical (unpaired) electrons. The highest BCUT2D eigenvalue weighted by atomic mass is 16.5. The molecule has 1 aromatic carbocycles. The maximum Gasteiger partial charge on any atom is 0.328 e. The van der Waals surface area contributed by atoms with Crippen LogP contribution in [0, 0.1) is 0 Å². The lowest BCUT2D eigenvalue weighted by Crippen LogP contribution is -1.94. The molecule has 0 aromatic heterocycles. The monoisotopic (exact) mass is 194 g/mol. The zero-order valence-electron chi connectivity index (χ0n) is 7.29. The Balaban J connectivity index is 2.89. The highest BCUT2D eigenvalue weighted by molar-refractivity contribution is 5.85. The van der Waals surface area contributed by atoms with Gasteiger partial charge in [-0.2, -0.15) is 0 Å². The standard InChI is InChI=1S/C10H10O4/c11-9(12)5-4-7-2-1-3-8(6-7)10(13)14/h1-6,10,13-14H,(H,11,12). The molecule has 4 nitrogen and oxygen atoms in total. The maximum atomic E-state index is 10.2. The number of carboxylic acid groups (broad SMARTS) is 1. The van der Waals surface area contributed by atoms with Crippen molar-refractivity contribution in [2.45, 2.75) is 6.29 Å². The molecule has 0 aliphatic carbocycles. The summed E-state index contributed by atoms with van der Waals surface area (Å²) in [5, 5.41) is 26.0. The van der Waals surface area contributed by atoms with Gasteiger partial charge >= 0.3 is 5.97 Å². The number of hydrogen-bond acceptors (Lipinski definition) is 3. The molecule has 0 spiro atoms. The van der Waals surface area contributed by atoms with E-state index < -0.39 is 12.3 Å². The zero-order valence-corrected chi connectivity index (χ0v) is 7.29. The summed E-state index contributed by atoms with van der Waals surface area (Å²) in [6.07, 6.45) is 0.838. The minimum absolute atomic E-state index is 0.331. The fraction of sp³-hybridized carbons (Fsp3) is 0.100. The molecule has 0 fully saturated rings. The summed E-state index contributed by atoms with van der Waals surface area (Å²) in [5.41, 5.74) is 0.940. The van der Waals surface area contributed by atoms with Gasteiger partial charge in [-0.25, -0.2) is 4.79 Å². The summed E-state index contributed by atoms with van der Waals surface area (Å²) < 4.78 is 0. The molecule has 3 N–H and O–H groups in total. The van der Waals surface area contributed by atoms with Gasteiger partial charge < -0.3 is 15.3 Å². The molecule has 0 saturated heterocycles. The summed E-state index contributed by atoms with van der Waals surface area (Å²) in [6.45, 7) is 0. The van der Waals surface area contributed by atoms with Crippen molar-refractivity contribution in [2.24, 2.45) is 0 Å². The molecule has 0 aliphatic heterocycles. The first-order valence-electron chi connectivity index (χ1n) is 3.96. The number of benzene rings is 1. The van der Waals surface area contributed by atoms with E-state index in [0.29, 0.717) is 11.1 Å². The Morgan fingerprint density at radius 3 is 2.64 bits per heavy atom. The van der Waals surface area contributed by atoms with Crippen LogP contribution in [0.1, 0.15) is 17.4 Å². The third-order valence-electron chi connectivity index (χ3n) is 1.63. The predicted molar refractivity (Wildman–Crippen MR) is 50.3 cm³/mol. The van der Waals surface area contributed by atoms with Crippen LogP contribution >= 0.6 is 0 Å². The molecule has 14 heavy (non-hydrogen) atoms. The number of aliphatic hydroxyl groups is 2. The lowest BCUT2D eigenvalue weighted by molar-refractivity contribution is -0.131. The van der Waals surface area contributed by atoms with E-state index in [1.807, 2.05) is 0 Å². The van der Waals surface area contributed by atoms with E-state index >= 15 is 0 Å². The number of aliphatic carboxylic acids is 1. The average Bonchev–Trinajstić information content (AvgIpc) is 2.15. The fourth-order valence-corrected chi connectivity index (χ4v) is 0.991. The van der Waals surface area contributed by atoms with Crippen LogP contribution in [0.25, 0.3) is 6.08 Å². The van der Waals surface area contributed by atoms with E-state index in [4.69, 9.17) is 15.3 Å². The van der Waals surface area contributed by atoms with Crippen LogP contribution in [0.4, 0.5) is 0 Å². The first-order valence-corrected chi connectivity index (χ1v) is 3.96. The van der Waals surface area contributed by atoms with E-state index in [0.717, 1.165) is 6.08 Å². The van der Waals surface area contributed by atoms with Gasteiger partial charge in [0.1, 0.15) is 0 Å². The van der Waals surface area contributed by atoms with Crippen LogP contribution in [0.2, 0.25) is 0 Å². The molecule has 0 bridgehead atoms. The smallest absolute Gasteiger partial charge is 0.328 e. The Kier molecular flexibility index (Phi) is 3.39. The van der Waals surface area contributed by atoms with E-state index in [2.05, 4.69) is 0 Å². The Morgan fingerprint density at radius 1 is 1.36 bits per heavy atom. The molecular weight excluding hydrogens is 184 g/mol. The van der Waals surface area contributed by atoms with Crippen LogP contribution in [0.5, 0.6) is 0 Å². The normalized spacial score (nSPS) is 11.1. The summed E-state index contributed by atoms with van der Waals surface area (Å²) in [4.78, 5) is 10.2. The second-order valence-electron chi connectivity index (χ2n) is 2.72. The molecule has 0 unspecified atom stereocenters. The summed E-state index contributed by atoms with van der Waals surface area (Å²) >= 11 is 0. The highest BCUT2D eigenvalue weighted by Gasteiger charge is 2.01. The molecule has 0 amide bonds. The molecule has 1 rings (SSSR count). The van der Waals surface area contributed by atoms with Crippen molar-refractivity contribution in [1.29, 1.82) is 0 Å². The van der Waals surface area contributed by atoms with E-state index in [1.54, 1.807) is 18.2 Å². The van der Waals surface area contributed by atoms with Gasteiger partial charge in [0.05, 0.1) is 0 Å². The highest BCUT2D eigenvalue weighted by Crippen LogP contribution is 2.12. The van der Waals surface area contributed by atoms with Gasteiger partial charge in [0.15, 0.2) is 6.29 Å². The van der Waals surface area contributed by atoms with Gasteiger partial charge in [-0.3, -0.25) is 0 Å². The van der Waals surface area contributed by atoms with Crippen LogP contribution in [0.3, 0.4) is 0 Å². The SMILES string of the molecule is O=C(O)C=Cc1cccc(C(O)O)c1. The lowest BCUT2D eigenvalue weighted by atomic mass is 10.1. The molecule has 0 aliphatic rings. The topological polar surface area (TPSA) is 77.8 Å². The van der Waals surface area contributed by atoms with Crippen LogP contribution in [-0.4, -0.2) is 21.3 Å². The molecule has 0 saturated carbocycles. The summed E-state index contributed by atoms with van der Waals surface area (Å²) in [7, 11) is 0. The van der Waals surface area contributed by atoms with Gasteiger partial charge in [-0.1, -0.05) is 18.2 Å². The Morgan fingerprint density at radius 2 is 2.07 bits per heavy atom. The van der Waals surface area contributed by atoms with Crippen LogP contribution < -0.4 is 0 Å². The molecule has 0 heterocycles. The number of carbonyl (C=O) groups is 1. The van der Waals surface area contributed by atoms with Crippen LogP contribution in [-0.2, 0) is 4.79 Å². The van der Waals surface area contributed by atoms with Crippen molar-refractivity contribution in [1.82, 2.24) is 0 Å². The van der Waals surface area contributed by atoms with Gasteiger partial charge in [0.25, 0.3) is 0 Å². The van der Waals surface area contributed by atoms with E-state index in [1.165, 1.54) is 12.1 Å². The van der Waals surface area contributed by atoms with Crippen molar-refractivity contribution >= 4 is 12.0 Å². The van der Waals surface area contributed by atoms with Crippen molar-refractivity contribution in [2.75, 3.05) is 0 Å². The Labute approximate surface area is 80.7 Å². The van der Waals surface area contributed by atoms with Gasteiger partial charge in [0, 0.05) is 11.6 Å². The molecule has 74 valence electrons.